The molecular formula is C110H118N18O16S2. The number of hydrogen-bond acceptors (Lipinski definition) is 22. The molecule has 8 amide bonds. The van der Waals surface area contributed by atoms with E-state index in [0.717, 1.165) is 48.3 Å². The number of fused-ring (bicyclic) bond motifs is 6. The third-order valence-corrected chi connectivity index (χ3v) is 24.2. The molecule has 2 atom stereocenters. The van der Waals surface area contributed by atoms with Gasteiger partial charge in [0.25, 0.3) is 23.6 Å². The van der Waals surface area contributed by atoms with Crippen molar-refractivity contribution in [2.75, 3.05) is 45.1 Å². The number of pyridine rings is 4. The number of aliphatic hydroxyl groups is 2. The Morgan fingerprint density at radius 1 is 0.363 bits per heavy atom. The van der Waals surface area contributed by atoms with Crippen molar-refractivity contribution in [3.8, 4) is 45.0 Å². The maximum absolute atomic E-state index is 13.5. The molecule has 12 N–H and O–H groups in total. The Hall–Kier alpha value is -16.4. The lowest BCUT2D eigenvalue weighted by Gasteiger charge is -2.18. The molecule has 0 aliphatic heterocycles. The van der Waals surface area contributed by atoms with Gasteiger partial charge in [-0.2, -0.15) is 0 Å². The smallest absolute Gasteiger partial charge is 0.413 e. The van der Waals surface area contributed by atoms with E-state index in [1.165, 1.54) is 34.8 Å². The highest BCUT2D eigenvalue weighted by Gasteiger charge is 2.31. The Labute approximate surface area is 850 Å². The fourth-order valence-corrected chi connectivity index (χ4v) is 17.7. The average molecular weight is 2010 g/mol. The number of ether oxygens (including phenoxy) is 2. The fraction of sp³-hybridized carbons (Fsp3) is 0.273. The number of thiazole rings is 2. The first kappa shape index (κ1) is 107. The van der Waals surface area contributed by atoms with Crippen LogP contribution in [-0.4, -0.2) is 152 Å². The van der Waals surface area contributed by atoms with Crippen LogP contribution in [0.25, 0.3) is 88.1 Å². The molecule has 36 heteroatoms. The first-order chi connectivity index (χ1) is 69.6. The number of carbonyl (C=O) groups is 10. The van der Waals surface area contributed by atoms with Gasteiger partial charge in [-0.05, 0) is 175 Å². The van der Waals surface area contributed by atoms with Gasteiger partial charge in [-0.1, -0.05) is 225 Å². The van der Waals surface area contributed by atoms with E-state index in [9.17, 15) is 68.4 Å². The maximum Gasteiger partial charge on any atom is 0.413 e. The molecule has 146 heavy (non-hydrogen) atoms. The van der Waals surface area contributed by atoms with Crippen molar-refractivity contribution >= 4 is 159 Å². The first-order valence-corrected chi connectivity index (χ1v) is 49.1. The number of anilines is 6. The molecule has 0 aliphatic carbocycles. The van der Waals surface area contributed by atoms with Gasteiger partial charge in [0.05, 0.1) is 56.6 Å². The molecule has 34 nitrogen and oxygen atoms in total. The molecule has 0 fully saturated rings. The van der Waals surface area contributed by atoms with E-state index in [0.29, 0.717) is 127 Å². The summed E-state index contributed by atoms with van der Waals surface area (Å²) in [6.45, 7) is 34.6. The summed E-state index contributed by atoms with van der Waals surface area (Å²) >= 11 is 2.63. The van der Waals surface area contributed by atoms with Crippen molar-refractivity contribution in [1.82, 2.24) is 58.1 Å². The van der Waals surface area contributed by atoms with Crippen molar-refractivity contribution in [3.05, 3.63) is 289 Å². The largest absolute Gasteiger partial charge is 0.478 e. The van der Waals surface area contributed by atoms with Gasteiger partial charge < -0.3 is 61.8 Å². The average Bonchev–Trinajstić information content (AvgIpc) is 1.63. The minimum atomic E-state index is -1.10. The number of benzene rings is 6. The second kappa shape index (κ2) is 47.6. The summed E-state index contributed by atoms with van der Waals surface area (Å²) < 4.78 is 18.9. The standard InChI is InChI=1S/C34H38N6O5S.C34H36N6O4S.C21H23N3O4.C21H21N3O3/c1-20(2)16-23(19-41)30(42)38-29-27(22-10-7-6-8-11-22)37-28-24(12-9-15-40(28)29)31(43)35-18-21-13-14-25-26(17-21)46-32(36-25)39-33(44)45-34(3,4)5;1-20(2)17-21(3)30(41)38-29-27(23-11-8-7-9-12-23)37-28-24(13-10-16-40(28)29)31(42)35-19-22-14-15-25-26(18-22)45-32(36-25)39-33(43)44-34(4,5)6;1-13(2)11-15(12-25)20(26)23-19-17(14-7-4-3-5-8-14)22-18-16(21(27)28)9-6-10-24(18)19;1-13(2)12-14(3)20(25)23-19-17(15-8-5-4-6-9-15)22-18-16(21(26)27)10-7-11-24(18)19/h6-15,17,20,23,41H,16,18-19H2,1-5H3,(H,35,43)(H,38,42)(H,36,39,44);7-16,18,20H,3,17,19H2,1-2,4-6H3,(H,35,42)(H,38,41)(H,36,39,43);3-10,13,15,25H,11-12H2,1-2H3,(H,23,26)(H,27,28);4-11,13H,3,12H2,1-2H3,(H,23,25)(H,26,27). The van der Waals surface area contributed by atoms with Crippen LogP contribution in [0.15, 0.2) is 255 Å². The fourth-order valence-electron chi connectivity index (χ4n) is 15.9. The summed E-state index contributed by atoms with van der Waals surface area (Å²) in [6, 6.07) is 61.8. The molecule has 0 saturated heterocycles. The molecule has 10 aromatic heterocycles. The maximum atomic E-state index is 13.5. The lowest BCUT2D eigenvalue weighted by molar-refractivity contribution is -0.122. The van der Waals surface area contributed by atoms with Crippen LogP contribution in [0.1, 0.15) is 175 Å². The molecule has 2 unspecified atom stereocenters. The number of aliphatic hydroxyl groups excluding tert-OH is 2. The van der Waals surface area contributed by atoms with Crippen LogP contribution in [0.4, 0.5) is 43.1 Å². The number of hydrogen-bond donors (Lipinski definition) is 12. The molecule has 16 aromatic rings. The summed E-state index contributed by atoms with van der Waals surface area (Å²) in [7, 11) is 0. The summed E-state index contributed by atoms with van der Waals surface area (Å²) in [5.41, 5.74) is 10.1. The summed E-state index contributed by atoms with van der Waals surface area (Å²) in [6.07, 6.45) is 7.92. The van der Waals surface area contributed by atoms with Crippen LogP contribution in [0, 0.1) is 35.5 Å². The first-order valence-electron chi connectivity index (χ1n) is 47.5. The van der Waals surface area contributed by atoms with Gasteiger partial charge in [-0.25, -0.2) is 49.1 Å². The zero-order chi connectivity index (χ0) is 105. The Bertz CT molecular complexity index is 7520. The summed E-state index contributed by atoms with van der Waals surface area (Å²) in [4.78, 5) is 154. The van der Waals surface area contributed by atoms with Crippen molar-refractivity contribution in [3.63, 3.8) is 0 Å². The highest BCUT2D eigenvalue weighted by atomic mass is 32.1. The monoisotopic (exact) mass is 2010 g/mol. The number of carboxylic acid groups (broad SMARTS) is 2. The number of carboxylic acids is 2. The Kier molecular flexibility index (Phi) is 34.9. The van der Waals surface area contributed by atoms with E-state index in [-0.39, 0.29) is 102 Å². The van der Waals surface area contributed by atoms with Crippen LogP contribution in [-0.2, 0) is 41.7 Å². The molecular weight excluding hydrogens is 1890 g/mol. The molecule has 16 rings (SSSR count). The molecule has 756 valence electrons. The topological polar surface area (TPSA) is 461 Å². The van der Waals surface area contributed by atoms with E-state index < -0.39 is 47.2 Å². The van der Waals surface area contributed by atoms with Gasteiger partial charge in [0.1, 0.15) is 68.4 Å². The van der Waals surface area contributed by atoms with Crippen molar-refractivity contribution in [2.45, 2.75) is 147 Å². The van der Waals surface area contributed by atoms with Crippen LogP contribution < -0.4 is 42.5 Å². The normalized spacial score (nSPS) is 11.8. The van der Waals surface area contributed by atoms with Gasteiger partial charge in [0.2, 0.25) is 11.8 Å². The number of nitrogens with one attached hydrogen (secondary N) is 8. The van der Waals surface area contributed by atoms with E-state index in [1.54, 1.807) is 120 Å². The van der Waals surface area contributed by atoms with Crippen molar-refractivity contribution < 1.29 is 77.8 Å². The molecule has 10 heterocycles. The van der Waals surface area contributed by atoms with E-state index in [4.69, 9.17) is 19.4 Å². The SMILES string of the molecule is C=C(CC(C)C)C(=O)Nc1c(-c2ccccc2)nc2c(C(=O)NCc3ccc4nc(NC(=O)OC(C)(C)C)sc4c3)cccn12.C=C(CC(C)C)C(=O)Nc1c(-c2ccccc2)nc2c(C(=O)O)cccn12.CC(C)CC(CO)C(=O)Nc1c(-c2ccccc2)nc2c(C(=O)NCc3ccc4nc(NC(=O)OC(C)(C)C)sc4c3)cccn12.CC(C)CC(CO)C(=O)Nc1c(-c2ccccc2)nc2c(C(=O)O)cccn12. The van der Waals surface area contributed by atoms with Gasteiger partial charge in [0, 0.05) is 71.3 Å². The zero-order valence-corrected chi connectivity index (χ0v) is 85.1. The van der Waals surface area contributed by atoms with E-state index in [1.807, 2.05) is 213 Å². The minimum Gasteiger partial charge on any atom is -0.478 e. The van der Waals surface area contributed by atoms with Gasteiger partial charge in [-0.3, -0.25) is 57.0 Å². The molecule has 0 bridgehead atoms. The van der Waals surface area contributed by atoms with Crippen LogP contribution in [0.5, 0.6) is 0 Å². The zero-order valence-electron chi connectivity index (χ0n) is 83.5. The van der Waals surface area contributed by atoms with Crippen LogP contribution in [0.3, 0.4) is 0 Å². The second-order valence-electron chi connectivity index (χ2n) is 38.3. The van der Waals surface area contributed by atoms with Gasteiger partial charge >= 0.3 is 24.1 Å². The predicted molar refractivity (Wildman–Crippen MR) is 569 cm³/mol. The Morgan fingerprint density at radius 3 is 0.925 bits per heavy atom. The number of carbonyl (C=O) groups excluding carboxylic acids is 8. The highest BCUT2D eigenvalue weighted by molar-refractivity contribution is 7.22. The summed E-state index contributed by atoms with van der Waals surface area (Å²) in [5.74, 6) is -2.44. The van der Waals surface area contributed by atoms with E-state index in [2.05, 4.69) is 75.6 Å². The number of rotatable bonds is 32. The number of aromatic carboxylic acids is 2. The molecule has 0 spiro atoms. The third kappa shape index (κ3) is 27.3. The lowest BCUT2D eigenvalue weighted by Crippen LogP contribution is -2.28. The van der Waals surface area contributed by atoms with Crippen LogP contribution >= 0.6 is 22.7 Å². The number of amides is 8. The second-order valence-corrected chi connectivity index (χ2v) is 40.4. The molecule has 0 saturated carbocycles. The molecule has 6 aromatic carbocycles. The quantitative estimate of drug-likeness (QED) is 0.0174. The van der Waals surface area contributed by atoms with Crippen molar-refractivity contribution in [2.24, 2.45) is 35.5 Å². The molecule has 0 radical (unpaired) electrons. The van der Waals surface area contributed by atoms with Gasteiger partial charge in [0.15, 0.2) is 32.9 Å². The minimum absolute atomic E-state index is 0.0427. The lowest BCUT2D eigenvalue weighted by atomic mass is 9.97. The number of nitrogens with zero attached hydrogens (tertiary/aromatic N) is 10. The Balaban J connectivity index is 0.000000167. The Morgan fingerprint density at radius 2 is 0.651 bits per heavy atom. The highest BCUT2D eigenvalue weighted by Crippen LogP contribution is 2.38. The van der Waals surface area contributed by atoms with Crippen molar-refractivity contribution in [1.29, 1.82) is 0 Å². The predicted octanol–water partition coefficient (Wildman–Crippen LogP) is 21.4. The van der Waals surface area contributed by atoms with Gasteiger partial charge in [-0.15, -0.1) is 0 Å². The van der Waals surface area contributed by atoms with E-state index >= 15 is 0 Å². The summed E-state index contributed by atoms with van der Waals surface area (Å²) in [5, 5.41) is 62.4. The van der Waals surface area contributed by atoms with Crippen LogP contribution in [0.2, 0.25) is 0 Å². The number of aromatic nitrogens is 10. The molecule has 0 aliphatic rings. The third-order valence-electron chi connectivity index (χ3n) is 22.4. The number of imidazole rings is 4.